The van der Waals surface area contributed by atoms with Gasteiger partial charge in [-0.15, -0.1) is 0 Å². The smallest absolute Gasteiger partial charge is 0.411 e. The van der Waals surface area contributed by atoms with Crippen LogP contribution >= 0.6 is 0 Å². The van der Waals surface area contributed by atoms with Crippen molar-refractivity contribution in [1.82, 2.24) is 19.7 Å². The third kappa shape index (κ3) is 3.44. The number of nitrogen functional groups attached to an aromatic ring is 2. The summed E-state index contributed by atoms with van der Waals surface area (Å²) < 4.78 is 20.4. The molecule has 0 radical (unpaired) electrons. The molecule has 0 saturated heterocycles. The second kappa shape index (κ2) is 7.38. The number of carbonyl (C=O) groups is 1. The van der Waals surface area contributed by atoms with E-state index in [4.69, 9.17) is 11.5 Å². The number of amides is 1. The second-order valence-electron chi connectivity index (χ2n) is 6.69. The second-order valence-corrected chi connectivity index (χ2v) is 6.69. The molecule has 2 heterocycles. The summed E-state index contributed by atoms with van der Waals surface area (Å²) in [7, 11) is 1.22. The number of methoxy groups -OCH3 is 1. The van der Waals surface area contributed by atoms with Gasteiger partial charge < -0.3 is 16.2 Å². The number of anilines is 3. The highest BCUT2D eigenvalue weighted by Gasteiger charge is 2.26. The first kappa shape index (κ1) is 18.7. The minimum absolute atomic E-state index is 0.00769. The van der Waals surface area contributed by atoms with Gasteiger partial charge in [0.1, 0.15) is 17.2 Å². The van der Waals surface area contributed by atoms with Crippen molar-refractivity contribution in [1.29, 1.82) is 0 Å². The fourth-order valence-electron chi connectivity index (χ4n) is 3.49. The third-order valence-corrected chi connectivity index (χ3v) is 4.87. The number of carbonyl (C=O) groups excluding carboxylic acids is 1. The van der Waals surface area contributed by atoms with Crippen LogP contribution in [-0.2, 0) is 24.1 Å². The molecule has 29 heavy (non-hydrogen) atoms. The first-order valence-electron chi connectivity index (χ1n) is 9.08. The molecule has 3 aromatic rings. The van der Waals surface area contributed by atoms with Crippen LogP contribution in [0, 0.1) is 5.82 Å². The summed E-state index contributed by atoms with van der Waals surface area (Å²) >= 11 is 0. The number of hydrogen-bond donors (Lipinski definition) is 3. The van der Waals surface area contributed by atoms with Crippen molar-refractivity contribution < 1.29 is 13.9 Å². The maximum atomic E-state index is 14.1. The molecule has 0 fully saturated rings. The van der Waals surface area contributed by atoms with Crippen LogP contribution in [0.25, 0.3) is 11.5 Å². The molecule has 0 atom stereocenters. The predicted molar refractivity (Wildman–Crippen MR) is 106 cm³/mol. The summed E-state index contributed by atoms with van der Waals surface area (Å²) in [5.74, 6) is 0.00160. The van der Waals surface area contributed by atoms with Crippen LogP contribution in [0.1, 0.15) is 23.2 Å². The summed E-state index contributed by atoms with van der Waals surface area (Å²) in [4.78, 5) is 20.0. The Morgan fingerprint density at radius 3 is 2.66 bits per heavy atom. The van der Waals surface area contributed by atoms with E-state index in [1.54, 1.807) is 22.9 Å². The molecule has 0 saturated carbocycles. The van der Waals surface area contributed by atoms with Gasteiger partial charge in [-0.1, -0.05) is 18.2 Å². The van der Waals surface area contributed by atoms with E-state index in [2.05, 4.69) is 25.1 Å². The van der Waals surface area contributed by atoms with Gasteiger partial charge in [-0.25, -0.2) is 19.2 Å². The number of aromatic nitrogens is 4. The maximum Gasteiger partial charge on any atom is 0.411 e. The Hall–Kier alpha value is -3.69. The average molecular weight is 397 g/mol. The first-order valence-corrected chi connectivity index (χ1v) is 9.08. The molecule has 1 amide bonds. The van der Waals surface area contributed by atoms with E-state index in [1.165, 1.54) is 13.2 Å². The average Bonchev–Trinajstić information content (AvgIpc) is 3.30. The minimum atomic E-state index is -0.727. The Bertz CT molecular complexity index is 1070. The topological polar surface area (TPSA) is 134 Å². The molecule has 150 valence electrons. The highest BCUT2D eigenvalue weighted by molar-refractivity contribution is 5.92. The van der Waals surface area contributed by atoms with E-state index in [1.807, 2.05) is 0 Å². The predicted octanol–water partition coefficient (Wildman–Crippen LogP) is 2.36. The fraction of sp³-hybridized carbons (Fsp3) is 0.263. The molecule has 9 nitrogen and oxygen atoms in total. The summed E-state index contributed by atoms with van der Waals surface area (Å²) in [6, 6.07) is 6.61. The monoisotopic (exact) mass is 397 g/mol. The molecule has 0 spiro atoms. The number of rotatable bonds is 4. The highest BCUT2D eigenvalue weighted by Crippen LogP contribution is 2.33. The Balaban J connectivity index is 1.73. The number of halogens is 1. The molecular weight excluding hydrogens is 377 g/mol. The van der Waals surface area contributed by atoms with Crippen LogP contribution in [0.5, 0.6) is 0 Å². The molecule has 0 aliphatic heterocycles. The Morgan fingerprint density at radius 2 is 1.97 bits per heavy atom. The van der Waals surface area contributed by atoms with Crippen LogP contribution < -0.4 is 16.8 Å². The van der Waals surface area contributed by atoms with Gasteiger partial charge in [-0.3, -0.25) is 10.00 Å². The minimum Gasteiger partial charge on any atom is -0.453 e. The van der Waals surface area contributed by atoms with E-state index in [9.17, 15) is 9.18 Å². The van der Waals surface area contributed by atoms with Crippen LogP contribution in [0.4, 0.5) is 26.5 Å². The summed E-state index contributed by atoms with van der Waals surface area (Å²) in [5, 5.41) is 7.03. The summed E-state index contributed by atoms with van der Waals surface area (Å²) in [6.07, 6.45) is 1.89. The van der Waals surface area contributed by atoms with Crippen molar-refractivity contribution >= 4 is 23.4 Å². The Kier molecular flexibility index (Phi) is 4.75. The van der Waals surface area contributed by atoms with Gasteiger partial charge in [0, 0.05) is 16.8 Å². The van der Waals surface area contributed by atoms with Gasteiger partial charge in [0.15, 0.2) is 17.5 Å². The molecule has 2 aromatic heterocycles. The lowest BCUT2D eigenvalue weighted by Gasteiger charge is -2.10. The zero-order valence-corrected chi connectivity index (χ0v) is 15.8. The number of nitrogens with zero attached hydrogens (tertiary/aromatic N) is 4. The van der Waals surface area contributed by atoms with E-state index in [-0.39, 0.29) is 29.0 Å². The van der Waals surface area contributed by atoms with Crippen molar-refractivity contribution in [2.45, 2.75) is 25.8 Å². The van der Waals surface area contributed by atoms with Crippen LogP contribution in [0.15, 0.2) is 24.3 Å². The molecular formula is C19H20FN7O2. The van der Waals surface area contributed by atoms with Gasteiger partial charge in [0.2, 0.25) is 0 Å². The summed E-state index contributed by atoms with van der Waals surface area (Å²) in [5.41, 5.74) is 15.2. The van der Waals surface area contributed by atoms with Crippen molar-refractivity contribution in [2.75, 3.05) is 23.9 Å². The Labute approximate surface area is 165 Å². The van der Waals surface area contributed by atoms with E-state index in [0.29, 0.717) is 17.8 Å². The number of nitrogens with one attached hydrogen (secondary N) is 1. The largest absolute Gasteiger partial charge is 0.453 e. The van der Waals surface area contributed by atoms with Crippen molar-refractivity contribution in [3.63, 3.8) is 0 Å². The van der Waals surface area contributed by atoms with Crippen molar-refractivity contribution in [3.8, 4) is 11.5 Å². The van der Waals surface area contributed by atoms with Gasteiger partial charge >= 0.3 is 6.09 Å². The molecule has 1 aromatic carbocycles. The van der Waals surface area contributed by atoms with Gasteiger partial charge in [-0.2, -0.15) is 5.10 Å². The molecule has 1 aliphatic carbocycles. The highest BCUT2D eigenvalue weighted by atomic mass is 19.1. The molecule has 4 rings (SSSR count). The van der Waals surface area contributed by atoms with Crippen molar-refractivity contribution in [3.05, 3.63) is 46.9 Å². The molecule has 0 unspecified atom stereocenters. The quantitative estimate of drug-likeness (QED) is 0.615. The van der Waals surface area contributed by atoms with Crippen LogP contribution in [-0.4, -0.2) is 33.0 Å². The van der Waals surface area contributed by atoms with Crippen molar-refractivity contribution in [2.24, 2.45) is 0 Å². The standard InChI is InChI=1S/C19H20FN7O2/c1-29-19(28)23-15-16(21)24-18(25-17(15)22)14-11-6-4-8-13(11)27(26-14)9-10-5-2-3-7-12(10)20/h2-3,5,7H,4,6,8-9H2,1H3,(H,23,28)(H4,21,22,24,25). The fourth-order valence-corrected chi connectivity index (χ4v) is 3.49. The lowest BCUT2D eigenvalue weighted by molar-refractivity contribution is 0.187. The van der Waals surface area contributed by atoms with E-state index in [0.717, 1.165) is 30.5 Å². The number of benzene rings is 1. The number of nitrogens with two attached hydrogens (primary N) is 2. The molecule has 1 aliphatic rings. The normalized spacial score (nSPS) is 12.6. The lowest BCUT2D eigenvalue weighted by atomic mass is 10.2. The SMILES string of the molecule is COC(=O)Nc1c(N)nc(-c2nn(Cc3ccccc3F)c3c2CCC3)nc1N. The lowest BCUT2D eigenvalue weighted by Crippen LogP contribution is -2.16. The number of ether oxygens (including phenoxy) is 1. The first-order chi connectivity index (χ1) is 14.0. The molecule has 5 N–H and O–H groups in total. The van der Waals surface area contributed by atoms with Crippen LogP contribution in [0.2, 0.25) is 0 Å². The molecule has 0 bridgehead atoms. The zero-order valence-electron chi connectivity index (χ0n) is 15.8. The third-order valence-electron chi connectivity index (χ3n) is 4.87. The zero-order chi connectivity index (χ0) is 20.5. The Morgan fingerprint density at radius 1 is 1.24 bits per heavy atom. The molecule has 10 heteroatoms. The van der Waals surface area contributed by atoms with E-state index >= 15 is 0 Å². The van der Waals surface area contributed by atoms with Crippen LogP contribution in [0.3, 0.4) is 0 Å². The summed E-state index contributed by atoms with van der Waals surface area (Å²) in [6.45, 7) is 0.307. The van der Waals surface area contributed by atoms with Gasteiger partial charge in [0.25, 0.3) is 0 Å². The van der Waals surface area contributed by atoms with E-state index < -0.39 is 6.09 Å². The number of hydrogen-bond acceptors (Lipinski definition) is 7. The number of fused-ring (bicyclic) bond motifs is 1. The van der Waals surface area contributed by atoms with Gasteiger partial charge in [0.05, 0.1) is 13.7 Å². The van der Waals surface area contributed by atoms with Gasteiger partial charge in [-0.05, 0) is 25.3 Å². The maximum absolute atomic E-state index is 14.1.